The van der Waals surface area contributed by atoms with E-state index in [1.54, 1.807) is 0 Å². The predicted octanol–water partition coefficient (Wildman–Crippen LogP) is 3.68. The minimum Gasteiger partial charge on any atom is -0.383 e. The second-order valence-corrected chi connectivity index (χ2v) is 6.05. The lowest BCUT2D eigenvalue weighted by Crippen LogP contribution is -2.41. The summed E-state index contributed by atoms with van der Waals surface area (Å²) in [5.41, 5.74) is 2.85. The number of nitrogens with zero attached hydrogens (tertiary/aromatic N) is 1. The zero-order chi connectivity index (χ0) is 13.1. The van der Waals surface area contributed by atoms with Gasteiger partial charge in [0.2, 0.25) is 0 Å². The van der Waals surface area contributed by atoms with Gasteiger partial charge in [-0.15, -0.1) is 0 Å². The van der Waals surface area contributed by atoms with E-state index in [1.807, 2.05) is 0 Å². The van der Waals surface area contributed by atoms with Gasteiger partial charge < -0.3 is 5.32 Å². The summed E-state index contributed by atoms with van der Waals surface area (Å²) < 4.78 is 0. The van der Waals surface area contributed by atoms with E-state index in [2.05, 4.69) is 41.4 Å². The summed E-state index contributed by atoms with van der Waals surface area (Å²) in [5.74, 6) is 0. The van der Waals surface area contributed by atoms with Crippen molar-refractivity contribution >= 4 is 5.69 Å². The van der Waals surface area contributed by atoms with Crippen LogP contribution in [0.15, 0.2) is 24.3 Å². The first-order chi connectivity index (χ1) is 9.38. The van der Waals surface area contributed by atoms with E-state index in [4.69, 9.17) is 0 Å². The molecule has 0 saturated heterocycles. The van der Waals surface area contributed by atoms with Gasteiger partial charge in [0.15, 0.2) is 0 Å². The Bertz CT molecular complexity index is 384. The smallest absolute Gasteiger partial charge is 0.0373 e. The van der Waals surface area contributed by atoms with Crippen LogP contribution >= 0.6 is 0 Å². The fraction of sp³-hybridized carbons (Fsp3) is 0.647. The monoisotopic (exact) mass is 258 g/mol. The molecule has 1 fully saturated rings. The number of para-hydroxylation sites is 1. The van der Waals surface area contributed by atoms with Gasteiger partial charge in [-0.25, -0.2) is 0 Å². The van der Waals surface area contributed by atoms with Gasteiger partial charge in [-0.2, -0.15) is 0 Å². The highest BCUT2D eigenvalue weighted by Crippen LogP contribution is 2.32. The predicted molar refractivity (Wildman–Crippen MR) is 81.7 cm³/mol. The summed E-state index contributed by atoms with van der Waals surface area (Å²) in [4.78, 5) is 2.79. The van der Waals surface area contributed by atoms with E-state index >= 15 is 0 Å². The molecule has 1 unspecified atom stereocenters. The van der Waals surface area contributed by atoms with Crippen molar-refractivity contribution in [3.05, 3.63) is 29.8 Å². The van der Waals surface area contributed by atoms with E-state index in [9.17, 15) is 0 Å². The molecular formula is C17H26N2. The highest BCUT2D eigenvalue weighted by molar-refractivity contribution is 5.52. The fourth-order valence-corrected chi connectivity index (χ4v) is 3.26. The second-order valence-electron chi connectivity index (χ2n) is 6.05. The Hall–Kier alpha value is -1.02. The van der Waals surface area contributed by atoms with Crippen LogP contribution in [0.1, 0.15) is 44.6 Å². The molecule has 2 heteroatoms. The van der Waals surface area contributed by atoms with E-state index in [1.165, 1.54) is 56.3 Å². The van der Waals surface area contributed by atoms with Crippen LogP contribution in [0.4, 0.5) is 5.69 Å². The topological polar surface area (TPSA) is 15.3 Å². The largest absolute Gasteiger partial charge is 0.383 e. The number of rotatable bonds is 5. The number of nitrogens with one attached hydrogen (secondary N) is 1. The van der Waals surface area contributed by atoms with Gasteiger partial charge in [0.05, 0.1) is 0 Å². The molecule has 19 heavy (non-hydrogen) atoms. The molecule has 2 aliphatic rings. The molecule has 1 atom stereocenters. The second kappa shape index (κ2) is 5.96. The van der Waals surface area contributed by atoms with Gasteiger partial charge in [0.25, 0.3) is 0 Å². The maximum absolute atomic E-state index is 3.67. The standard InChI is InChI=1S/C17H26N2/c1-2-3-12-19(15-10-11-15)16-9-8-14-6-4-5-7-17(14)18-13-16/h4-7,15-16,18H,2-3,8-13H2,1H3. The van der Waals surface area contributed by atoms with E-state index in [-0.39, 0.29) is 0 Å². The summed E-state index contributed by atoms with van der Waals surface area (Å²) >= 11 is 0. The molecule has 1 aromatic rings. The van der Waals surface area contributed by atoms with E-state index in [0.717, 1.165) is 18.6 Å². The molecule has 1 heterocycles. The first-order valence-electron chi connectivity index (χ1n) is 7.96. The summed E-state index contributed by atoms with van der Waals surface area (Å²) in [6.45, 7) is 4.72. The van der Waals surface area contributed by atoms with Crippen LogP contribution in [0.2, 0.25) is 0 Å². The van der Waals surface area contributed by atoms with Crippen LogP contribution in [0.25, 0.3) is 0 Å². The van der Waals surface area contributed by atoms with Crippen molar-refractivity contribution in [2.75, 3.05) is 18.4 Å². The summed E-state index contributed by atoms with van der Waals surface area (Å²) in [7, 11) is 0. The molecule has 0 spiro atoms. The van der Waals surface area contributed by atoms with Gasteiger partial charge in [-0.05, 0) is 50.3 Å². The zero-order valence-electron chi connectivity index (χ0n) is 12.1. The molecule has 0 amide bonds. The zero-order valence-corrected chi connectivity index (χ0v) is 12.1. The first kappa shape index (κ1) is 13.0. The first-order valence-corrected chi connectivity index (χ1v) is 7.96. The molecule has 3 rings (SSSR count). The number of fused-ring (bicyclic) bond motifs is 1. The van der Waals surface area contributed by atoms with E-state index in [0.29, 0.717) is 0 Å². The van der Waals surface area contributed by atoms with Crippen molar-refractivity contribution in [3.63, 3.8) is 0 Å². The number of anilines is 1. The average Bonchev–Trinajstić information content (AvgIpc) is 3.26. The maximum Gasteiger partial charge on any atom is 0.0373 e. The third-order valence-electron chi connectivity index (χ3n) is 4.55. The molecule has 104 valence electrons. The van der Waals surface area contributed by atoms with Crippen molar-refractivity contribution in [2.45, 2.75) is 57.5 Å². The molecule has 0 aromatic heterocycles. The quantitative estimate of drug-likeness (QED) is 0.866. The highest BCUT2D eigenvalue weighted by atomic mass is 15.2. The minimum atomic E-state index is 0.728. The van der Waals surface area contributed by atoms with Gasteiger partial charge in [-0.3, -0.25) is 4.90 Å². The van der Waals surface area contributed by atoms with Crippen LogP contribution in [0, 0.1) is 0 Å². The molecule has 1 aliphatic heterocycles. The molecule has 1 aliphatic carbocycles. The number of benzene rings is 1. The Labute approximate surface area is 117 Å². The van der Waals surface area contributed by atoms with Gasteiger partial charge in [-0.1, -0.05) is 31.5 Å². The molecule has 1 aromatic carbocycles. The lowest BCUT2D eigenvalue weighted by atomic mass is 10.0. The average molecular weight is 258 g/mol. The third-order valence-corrected chi connectivity index (χ3v) is 4.55. The fourth-order valence-electron chi connectivity index (χ4n) is 3.26. The molecule has 2 nitrogen and oxygen atoms in total. The van der Waals surface area contributed by atoms with Crippen molar-refractivity contribution in [3.8, 4) is 0 Å². The molecule has 0 radical (unpaired) electrons. The van der Waals surface area contributed by atoms with Crippen LogP contribution in [0.3, 0.4) is 0 Å². The van der Waals surface area contributed by atoms with Crippen molar-refractivity contribution < 1.29 is 0 Å². The molecule has 1 saturated carbocycles. The summed E-state index contributed by atoms with van der Waals surface area (Å²) in [6, 6.07) is 10.4. The van der Waals surface area contributed by atoms with Crippen LogP contribution < -0.4 is 5.32 Å². The Morgan fingerprint density at radius 3 is 2.79 bits per heavy atom. The summed E-state index contributed by atoms with van der Waals surface area (Å²) in [6.07, 6.45) is 8.04. The summed E-state index contributed by atoms with van der Waals surface area (Å²) in [5, 5.41) is 3.67. The van der Waals surface area contributed by atoms with Crippen molar-refractivity contribution in [2.24, 2.45) is 0 Å². The molecule has 1 N–H and O–H groups in total. The van der Waals surface area contributed by atoms with Crippen LogP contribution in [-0.2, 0) is 6.42 Å². The lowest BCUT2D eigenvalue weighted by Gasteiger charge is -2.31. The van der Waals surface area contributed by atoms with Crippen LogP contribution in [0.5, 0.6) is 0 Å². The maximum atomic E-state index is 3.67. The Balaban J connectivity index is 1.66. The lowest BCUT2D eigenvalue weighted by molar-refractivity contribution is 0.183. The Kier molecular flexibility index (Phi) is 4.07. The number of unbranched alkanes of at least 4 members (excludes halogenated alkanes) is 1. The Morgan fingerprint density at radius 2 is 2.00 bits per heavy atom. The Morgan fingerprint density at radius 1 is 1.16 bits per heavy atom. The number of hydrogen-bond acceptors (Lipinski definition) is 2. The van der Waals surface area contributed by atoms with Gasteiger partial charge >= 0.3 is 0 Å². The number of hydrogen-bond donors (Lipinski definition) is 1. The SMILES string of the molecule is CCCCN(C1CC1)C1CCc2ccccc2NC1. The minimum absolute atomic E-state index is 0.728. The molecule has 0 bridgehead atoms. The van der Waals surface area contributed by atoms with E-state index < -0.39 is 0 Å². The highest BCUT2D eigenvalue weighted by Gasteiger charge is 2.33. The molecular weight excluding hydrogens is 232 g/mol. The van der Waals surface area contributed by atoms with Crippen LogP contribution in [-0.4, -0.2) is 30.1 Å². The van der Waals surface area contributed by atoms with Gasteiger partial charge in [0.1, 0.15) is 0 Å². The third kappa shape index (κ3) is 3.11. The number of aryl methyl sites for hydroxylation is 1. The van der Waals surface area contributed by atoms with Gasteiger partial charge in [0, 0.05) is 24.3 Å². The van der Waals surface area contributed by atoms with Crippen molar-refractivity contribution in [1.29, 1.82) is 0 Å². The normalized spacial score (nSPS) is 22.7. The van der Waals surface area contributed by atoms with Crippen molar-refractivity contribution in [1.82, 2.24) is 4.90 Å².